The third kappa shape index (κ3) is 6.36. The summed E-state index contributed by atoms with van der Waals surface area (Å²) in [5.74, 6) is 0.262. The van der Waals surface area contributed by atoms with E-state index in [0.29, 0.717) is 47.7 Å². The molecule has 1 amide bonds. The molecule has 0 saturated heterocycles. The first-order chi connectivity index (χ1) is 12.9. The van der Waals surface area contributed by atoms with Crippen molar-refractivity contribution in [2.24, 2.45) is 5.92 Å². The molecule has 0 bridgehead atoms. The summed E-state index contributed by atoms with van der Waals surface area (Å²) in [5, 5.41) is 5.93. The highest BCUT2D eigenvalue weighted by atomic mass is 16.5. The molecule has 7 heteroatoms. The van der Waals surface area contributed by atoms with Gasteiger partial charge in [-0.1, -0.05) is 13.8 Å². The minimum Gasteiger partial charge on any atom is -0.462 e. The molecule has 0 saturated carbocycles. The van der Waals surface area contributed by atoms with Crippen LogP contribution in [0.1, 0.15) is 53.7 Å². The molecule has 1 heterocycles. The third-order valence-corrected chi connectivity index (χ3v) is 3.75. The van der Waals surface area contributed by atoms with Crippen LogP contribution in [-0.2, 0) is 4.74 Å². The first kappa shape index (κ1) is 20.4. The SMILES string of the molecule is CCOC(=O)c1ccc(Nc2nc(C)cc(C(=O)NCCC(C)C)n2)cc1. The molecule has 27 heavy (non-hydrogen) atoms. The van der Waals surface area contributed by atoms with Gasteiger partial charge in [0.1, 0.15) is 5.69 Å². The molecule has 2 aromatic rings. The third-order valence-electron chi connectivity index (χ3n) is 3.75. The number of nitrogens with one attached hydrogen (secondary N) is 2. The predicted octanol–water partition coefficient (Wildman–Crippen LogP) is 3.48. The molecule has 2 rings (SSSR count). The summed E-state index contributed by atoms with van der Waals surface area (Å²) < 4.78 is 4.96. The highest BCUT2D eigenvalue weighted by molar-refractivity contribution is 5.92. The van der Waals surface area contributed by atoms with Crippen molar-refractivity contribution in [3.63, 3.8) is 0 Å². The lowest BCUT2D eigenvalue weighted by atomic mass is 10.1. The molecule has 0 aliphatic carbocycles. The Balaban J connectivity index is 2.07. The van der Waals surface area contributed by atoms with Crippen molar-refractivity contribution in [3.05, 3.63) is 47.3 Å². The maximum Gasteiger partial charge on any atom is 0.338 e. The average Bonchev–Trinajstić information content (AvgIpc) is 2.61. The van der Waals surface area contributed by atoms with Gasteiger partial charge in [0.15, 0.2) is 0 Å². The zero-order valence-electron chi connectivity index (χ0n) is 16.2. The van der Waals surface area contributed by atoms with Crippen LogP contribution in [0.2, 0.25) is 0 Å². The van der Waals surface area contributed by atoms with Crippen molar-refractivity contribution >= 4 is 23.5 Å². The molecular formula is C20H26N4O3. The van der Waals surface area contributed by atoms with E-state index in [1.165, 1.54) is 0 Å². The molecule has 0 unspecified atom stereocenters. The van der Waals surface area contributed by atoms with E-state index in [2.05, 4.69) is 34.4 Å². The fraction of sp³-hybridized carbons (Fsp3) is 0.400. The number of anilines is 2. The van der Waals surface area contributed by atoms with Crippen LogP contribution in [0.4, 0.5) is 11.6 Å². The Morgan fingerprint density at radius 2 is 1.85 bits per heavy atom. The number of hydrogen-bond donors (Lipinski definition) is 2. The van der Waals surface area contributed by atoms with Crippen LogP contribution < -0.4 is 10.6 Å². The molecule has 0 aliphatic rings. The van der Waals surface area contributed by atoms with E-state index in [0.717, 1.165) is 6.42 Å². The van der Waals surface area contributed by atoms with E-state index in [1.54, 1.807) is 37.3 Å². The largest absolute Gasteiger partial charge is 0.462 e. The summed E-state index contributed by atoms with van der Waals surface area (Å²) >= 11 is 0. The smallest absolute Gasteiger partial charge is 0.338 e. The van der Waals surface area contributed by atoms with Crippen molar-refractivity contribution in [3.8, 4) is 0 Å². The number of ether oxygens (including phenoxy) is 1. The number of nitrogens with zero attached hydrogens (tertiary/aromatic N) is 2. The molecule has 7 nitrogen and oxygen atoms in total. The normalized spacial score (nSPS) is 10.6. The number of amides is 1. The van der Waals surface area contributed by atoms with Crippen molar-refractivity contribution in [2.75, 3.05) is 18.5 Å². The van der Waals surface area contributed by atoms with Gasteiger partial charge in [-0.15, -0.1) is 0 Å². The van der Waals surface area contributed by atoms with Gasteiger partial charge in [0.05, 0.1) is 12.2 Å². The van der Waals surface area contributed by atoms with Crippen LogP contribution in [0, 0.1) is 12.8 Å². The van der Waals surface area contributed by atoms with Crippen LogP contribution in [0.5, 0.6) is 0 Å². The molecule has 0 fully saturated rings. The van der Waals surface area contributed by atoms with Gasteiger partial charge in [-0.2, -0.15) is 0 Å². The van der Waals surface area contributed by atoms with Crippen molar-refractivity contribution in [2.45, 2.75) is 34.1 Å². The van der Waals surface area contributed by atoms with Gasteiger partial charge in [-0.25, -0.2) is 14.8 Å². The number of carbonyl (C=O) groups is 2. The lowest BCUT2D eigenvalue weighted by Crippen LogP contribution is -2.26. The van der Waals surface area contributed by atoms with Crippen LogP contribution in [0.25, 0.3) is 0 Å². The van der Waals surface area contributed by atoms with Crippen molar-refractivity contribution in [1.29, 1.82) is 0 Å². The minimum absolute atomic E-state index is 0.221. The first-order valence-electron chi connectivity index (χ1n) is 9.07. The Bertz CT molecular complexity index is 788. The Hall–Kier alpha value is -2.96. The predicted molar refractivity (Wildman–Crippen MR) is 104 cm³/mol. The number of hydrogen-bond acceptors (Lipinski definition) is 6. The van der Waals surface area contributed by atoms with Gasteiger partial charge in [0, 0.05) is 17.9 Å². The van der Waals surface area contributed by atoms with Gasteiger partial charge >= 0.3 is 5.97 Å². The number of aromatic nitrogens is 2. The number of aryl methyl sites for hydroxylation is 1. The molecule has 0 radical (unpaired) electrons. The van der Waals surface area contributed by atoms with Crippen LogP contribution in [0.3, 0.4) is 0 Å². The van der Waals surface area contributed by atoms with Crippen LogP contribution in [0.15, 0.2) is 30.3 Å². The maximum absolute atomic E-state index is 12.3. The van der Waals surface area contributed by atoms with Crippen molar-refractivity contribution < 1.29 is 14.3 Å². The zero-order valence-corrected chi connectivity index (χ0v) is 16.2. The van der Waals surface area contributed by atoms with E-state index in [1.807, 2.05) is 6.92 Å². The van der Waals surface area contributed by atoms with Gasteiger partial charge in [-0.05, 0) is 56.5 Å². The molecule has 1 aromatic carbocycles. The van der Waals surface area contributed by atoms with Gasteiger partial charge in [0.25, 0.3) is 5.91 Å². The summed E-state index contributed by atoms with van der Waals surface area (Å²) in [6.07, 6.45) is 0.910. The second-order valence-electron chi connectivity index (χ2n) is 6.58. The van der Waals surface area contributed by atoms with Gasteiger partial charge in [0.2, 0.25) is 5.95 Å². The molecule has 144 valence electrons. The highest BCUT2D eigenvalue weighted by Crippen LogP contribution is 2.15. The van der Waals surface area contributed by atoms with E-state index >= 15 is 0 Å². The Kier molecular flexibility index (Phi) is 7.28. The molecule has 2 N–H and O–H groups in total. The van der Waals surface area contributed by atoms with E-state index in [9.17, 15) is 9.59 Å². The fourth-order valence-corrected chi connectivity index (χ4v) is 2.34. The van der Waals surface area contributed by atoms with Gasteiger partial charge < -0.3 is 15.4 Å². The molecular weight excluding hydrogens is 344 g/mol. The summed E-state index contributed by atoms with van der Waals surface area (Å²) in [7, 11) is 0. The quantitative estimate of drug-likeness (QED) is 0.691. The highest BCUT2D eigenvalue weighted by Gasteiger charge is 2.11. The van der Waals surface area contributed by atoms with E-state index in [4.69, 9.17) is 4.74 Å². The number of esters is 1. The minimum atomic E-state index is -0.365. The van der Waals surface area contributed by atoms with Crippen molar-refractivity contribution in [1.82, 2.24) is 15.3 Å². The standard InChI is InChI=1S/C20H26N4O3/c1-5-27-19(26)15-6-8-16(9-7-15)23-20-22-14(4)12-17(24-20)18(25)21-11-10-13(2)3/h6-9,12-13H,5,10-11H2,1-4H3,(H,21,25)(H,22,23,24). The van der Waals surface area contributed by atoms with E-state index in [-0.39, 0.29) is 11.9 Å². The summed E-state index contributed by atoms with van der Waals surface area (Å²) in [5.41, 5.74) is 2.18. The maximum atomic E-state index is 12.3. The first-order valence-corrected chi connectivity index (χ1v) is 9.07. The Morgan fingerprint density at radius 1 is 1.15 bits per heavy atom. The molecule has 0 atom stereocenters. The summed E-state index contributed by atoms with van der Waals surface area (Å²) in [6, 6.07) is 8.45. The lowest BCUT2D eigenvalue weighted by Gasteiger charge is -2.10. The number of carbonyl (C=O) groups excluding carboxylic acids is 2. The monoisotopic (exact) mass is 370 g/mol. The Morgan fingerprint density at radius 3 is 2.48 bits per heavy atom. The van der Waals surface area contributed by atoms with Crippen LogP contribution >= 0.6 is 0 Å². The molecule has 0 spiro atoms. The zero-order chi connectivity index (χ0) is 19.8. The number of benzene rings is 1. The second kappa shape index (κ2) is 9.66. The van der Waals surface area contributed by atoms with Gasteiger partial charge in [-0.3, -0.25) is 4.79 Å². The summed E-state index contributed by atoms with van der Waals surface area (Å²) in [6.45, 7) is 8.73. The average molecular weight is 370 g/mol. The number of rotatable bonds is 8. The fourth-order valence-electron chi connectivity index (χ4n) is 2.34. The van der Waals surface area contributed by atoms with E-state index < -0.39 is 0 Å². The molecule has 0 aliphatic heterocycles. The molecule has 1 aromatic heterocycles. The second-order valence-corrected chi connectivity index (χ2v) is 6.58. The van der Waals surface area contributed by atoms with Crippen LogP contribution in [-0.4, -0.2) is 35.0 Å². The topological polar surface area (TPSA) is 93.2 Å². The Labute approximate surface area is 159 Å². The lowest BCUT2D eigenvalue weighted by molar-refractivity contribution is 0.0526. The summed E-state index contributed by atoms with van der Waals surface area (Å²) in [4.78, 5) is 32.6.